The smallest absolute Gasteiger partial charge is 0.118 e. The number of furan rings is 1. The van der Waals surface area contributed by atoms with Gasteiger partial charge in [0.05, 0.1) is 6.54 Å². The highest BCUT2D eigenvalue weighted by Crippen LogP contribution is 2.23. The molecular formula is C23H29N3O. The summed E-state index contributed by atoms with van der Waals surface area (Å²) in [4.78, 5) is 7.28. The summed E-state index contributed by atoms with van der Waals surface area (Å²) in [5.41, 5.74) is 2.57. The van der Waals surface area contributed by atoms with Crippen LogP contribution in [0, 0.1) is 19.8 Å². The third kappa shape index (κ3) is 4.51. The topological polar surface area (TPSA) is 34.2 Å². The van der Waals surface area contributed by atoms with Gasteiger partial charge in [-0.3, -0.25) is 4.90 Å². The lowest BCUT2D eigenvalue weighted by atomic mass is 9.94. The van der Waals surface area contributed by atoms with Gasteiger partial charge in [-0.15, -0.1) is 0 Å². The van der Waals surface area contributed by atoms with Gasteiger partial charge in [0.2, 0.25) is 0 Å². The van der Waals surface area contributed by atoms with E-state index in [2.05, 4.69) is 58.9 Å². The zero-order chi connectivity index (χ0) is 18.6. The van der Waals surface area contributed by atoms with Crippen LogP contribution in [0.2, 0.25) is 0 Å². The van der Waals surface area contributed by atoms with Gasteiger partial charge in [0.1, 0.15) is 17.3 Å². The van der Waals surface area contributed by atoms with Crippen LogP contribution in [0.25, 0.3) is 0 Å². The van der Waals surface area contributed by atoms with Gasteiger partial charge in [0, 0.05) is 31.4 Å². The number of imidazole rings is 1. The highest BCUT2D eigenvalue weighted by atomic mass is 16.3. The van der Waals surface area contributed by atoms with Crippen LogP contribution in [0.5, 0.6) is 0 Å². The largest absolute Gasteiger partial charge is 0.465 e. The molecule has 2 aromatic heterocycles. The van der Waals surface area contributed by atoms with Crippen molar-refractivity contribution in [3.63, 3.8) is 0 Å². The Hall–Kier alpha value is -2.33. The van der Waals surface area contributed by atoms with Gasteiger partial charge in [0.15, 0.2) is 0 Å². The molecule has 0 aliphatic carbocycles. The van der Waals surface area contributed by atoms with Gasteiger partial charge in [-0.1, -0.05) is 30.3 Å². The zero-order valence-corrected chi connectivity index (χ0v) is 16.4. The van der Waals surface area contributed by atoms with Crippen molar-refractivity contribution in [2.45, 2.75) is 46.2 Å². The van der Waals surface area contributed by atoms with E-state index in [0.29, 0.717) is 5.92 Å². The first-order chi connectivity index (χ1) is 13.2. The molecule has 3 heterocycles. The molecule has 4 rings (SSSR count). The van der Waals surface area contributed by atoms with Crippen LogP contribution >= 0.6 is 0 Å². The molecule has 0 spiro atoms. The minimum Gasteiger partial charge on any atom is -0.465 e. The molecule has 1 atom stereocenters. The summed E-state index contributed by atoms with van der Waals surface area (Å²) in [5, 5.41) is 0. The summed E-state index contributed by atoms with van der Waals surface area (Å²) in [7, 11) is 0. The van der Waals surface area contributed by atoms with Crippen LogP contribution in [-0.4, -0.2) is 27.5 Å². The minimum absolute atomic E-state index is 0.658. The first kappa shape index (κ1) is 18.1. The van der Waals surface area contributed by atoms with Gasteiger partial charge in [0.25, 0.3) is 0 Å². The number of hydrogen-bond acceptors (Lipinski definition) is 3. The van der Waals surface area contributed by atoms with E-state index in [1.165, 1.54) is 29.9 Å². The quantitative estimate of drug-likeness (QED) is 0.642. The third-order valence-corrected chi connectivity index (χ3v) is 5.57. The van der Waals surface area contributed by atoms with E-state index in [-0.39, 0.29) is 0 Å². The maximum atomic E-state index is 5.77. The van der Waals surface area contributed by atoms with Crippen LogP contribution in [-0.2, 0) is 19.5 Å². The summed E-state index contributed by atoms with van der Waals surface area (Å²) in [6, 6.07) is 14.8. The summed E-state index contributed by atoms with van der Waals surface area (Å²) in [6.45, 7) is 8.28. The molecule has 1 fully saturated rings. The lowest BCUT2D eigenvalue weighted by Gasteiger charge is -2.32. The fraction of sp³-hybridized carbons (Fsp3) is 0.435. The molecule has 27 heavy (non-hydrogen) atoms. The zero-order valence-electron chi connectivity index (χ0n) is 16.4. The van der Waals surface area contributed by atoms with Crippen LogP contribution in [0.15, 0.2) is 53.1 Å². The number of rotatable bonds is 6. The van der Waals surface area contributed by atoms with Crippen molar-refractivity contribution >= 4 is 0 Å². The second-order valence-corrected chi connectivity index (χ2v) is 7.85. The fourth-order valence-electron chi connectivity index (χ4n) is 4.17. The van der Waals surface area contributed by atoms with Gasteiger partial charge in [-0.2, -0.15) is 0 Å². The molecule has 142 valence electrons. The molecule has 4 nitrogen and oxygen atoms in total. The molecule has 1 aliphatic rings. The Balaban J connectivity index is 1.41. The maximum Gasteiger partial charge on any atom is 0.118 e. The number of likely N-dealkylation sites (tertiary alicyclic amines) is 1. The van der Waals surface area contributed by atoms with E-state index in [0.717, 1.165) is 44.1 Å². The van der Waals surface area contributed by atoms with Gasteiger partial charge < -0.3 is 8.98 Å². The Morgan fingerprint density at radius 1 is 1.07 bits per heavy atom. The first-order valence-corrected chi connectivity index (χ1v) is 10.00. The van der Waals surface area contributed by atoms with Gasteiger partial charge >= 0.3 is 0 Å². The van der Waals surface area contributed by atoms with Crippen molar-refractivity contribution in [3.8, 4) is 0 Å². The second kappa shape index (κ2) is 8.13. The van der Waals surface area contributed by atoms with Crippen molar-refractivity contribution < 1.29 is 4.42 Å². The number of aromatic nitrogens is 2. The molecule has 1 aromatic carbocycles. The number of piperidine rings is 1. The molecule has 4 heteroatoms. The molecule has 0 radical (unpaired) electrons. The van der Waals surface area contributed by atoms with Crippen molar-refractivity contribution in [3.05, 3.63) is 77.3 Å². The van der Waals surface area contributed by atoms with Gasteiger partial charge in [-0.05, 0) is 56.8 Å². The van der Waals surface area contributed by atoms with E-state index in [4.69, 9.17) is 9.40 Å². The van der Waals surface area contributed by atoms with Crippen molar-refractivity contribution in [2.24, 2.45) is 5.92 Å². The third-order valence-electron chi connectivity index (χ3n) is 5.57. The maximum absolute atomic E-state index is 5.77. The molecule has 3 aromatic rings. The van der Waals surface area contributed by atoms with Crippen LogP contribution < -0.4 is 0 Å². The highest BCUT2D eigenvalue weighted by Gasteiger charge is 2.23. The Morgan fingerprint density at radius 2 is 1.93 bits per heavy atom. The average molecular weight is 364 g/mol. The number of hydrogen-bond donors (Lipinski definition) is 0. The Bertz CT molecular complexity index is 865. The predicted octanol–water partition coefficient (Wildman–Crippen LogP) is 4.60. The number of benzene rings is 1. The van der Waals surface area contributed by atoms with E-state index in [1.54, 1.807) is 0 Å². The Morgan fingerprint density at radius 3 is 2.70 bits per heavy atom. The summed E-state index contributed by atoms with van der Waals surface area (Å²) < 4.78 is 8.15. The van der Waals surface area contributed by atoms with E-state index in [1.807, 2.05) is 13.1 Å². The first-order valence-electron chi connectivity index (χ1n) is 10.00. The SMILES string of the molecule is Cc1ccc(CN2CCCC(Cc3ncc(C)n3Cc3ccccc3)C2)o1. The monoisotopic (exact) mass is 363 g/mol. The van der Waals surface area contributed by atoms with E-state index in [9.17, 15) is 0 Å². The van der Waals surface area contributed by atoms with Crippen LogP contribution in [0.4, 0.5) is 0 Å². The Labute approximate surface area is 161 Å². The highest BCUT2D eigenvalue weighted by molar-refractivity contribution is 5.17. The number of nitrogens with zero attached hydrogens (tertiary/aromatic N) is 3. The molecule has 1 unspecified atom stereocenters. The fourth-order valence-corrected chi connectivity index (χ4v) is 4.17. The lowest BCUT2D eigenvalue weighted by molar-refractivity contribution is 0.154. The predicted molar refractivity (Wildman–Crippen MR) is 108 cm³/mol. The Kier molecular flexibility index (Phi) is 5.44. The van der Waals surface area contributed by atoms with Crippen LogP contribution in [0.3, 0.4) is 0 Å². The summed E-state index contributed by atoms with van der Waals surface area (Å²) in [6.07, 6.45) is 5.60. The second-order valence-electron chi connectivity index (χ2n) is 7.85. The molecule has 0 saturated carbocycles. The molecule has 0 amide bonds. The standard InChI is InChI=1S/C23H29N3O/c1-18-14-24-23(26(18)16-20-7-4-3-5-8-20)13-21-9-6-12-25(15-21)17-22-11-10-19(2)27-22/h3-5,7-8,10-11,14,21H,6,9,12-13,15-17H2,1-2H3. The minimum atomic E-state index is 0.658. The van der Waals surface area contributed by atoms with E-state index >= 15 is 0 Å². The van der Waals surface area contributed by atoms with E-state index < -0.39 is 0 Å². The molecule has 1 saturated heterocycles. The molecule has 1 aliphatic heterocycles. The summed E-state index contributed by atoms with van der Waals surface area (Å²) >= 11 is 0. The van der Waals surface area contributed by atoms with Crippen LogP contribution in [0.1, 0.15) is 41.4 Å². The lowest BCUT2D eigenvalue weighted by Crippen LogP contribution is -2.36. The molecule has 0 bridgehead atoms. The molecular weight excluding hydrogens is 334 g/mol. The van der Waals surface area contributed by atoms with Crippen molar-refractivity contribution in [2.75, 3.05) is 13.1 Å². The molecule has 0 N–H and O–H groups in total. The van der Waals surface area contributed by atoms with Crippen molar-refractivity contribution in [1.29, 1.82) is 0 Å². The number of aryl methyl sites for hydroxylation is 2. The summed E-state index contributed by atoms with van der Waals surface area (Å²) in [5.74, 6) is 3.95. The normalized spacial score (nSPS) is 18.1. The van der Waals surface area contributed by atoms with Crippen molar-refractivity contribution in [1.82, 2.24) is 14.5 Å². The van der Waals surface area contributed by atoms with Gasteiger partial charge in [-0.25, -0.2) is 4.98 Å². The average Bonchev–Trinajstić information content (AvgIpc) is 3.23.